The Balaban J connectivity index is 1.75. The van der Waals surface area contributed by atoms with Crippen LogP contribution in [0.5, 0.6) is 17.2 Å². The van der Waals surface area contributed by atoms with Crippen LogP contribution >= 0.6 is 0 Å². The van der Waals surface area contributed by atoms with Crippen molar-refractivity contribution in [1.82, 2.24) is 9.88 Å². The zero-order valence-corrected chi connectivity index (χ0v) is 18.2. The molecule has 31 heavy (non-hydrogen) atoms. The van der Waals surface area contributed by atoms with Crippen molar-refractivity contribution in [1.29, 1.82) is 0 Å². The van der Waals surface area contributed by atoms with Crippen molar-refractivity contribution in [2.45, 2.75) is 25.6 Å². The van der Waals surface area contributed by atoms with Crippen molar-refractivity contribution >= 4 is 0 Å². The molecule has 1 aromatic heterocycles. The third kappa shape index (κ3) is 4.22. The fourth-order valence-electron chi connectivity index (χ4n) is 4.39. The highest BCUT2D eigenvalue weighted by atomic mass is 16.5. The Bertz CT molecular complexity index is 1040. The average molecular weight is 421 g/mol. The van der Waals surface area contributed by atoms with E-state index >= 15 is 0 Å². The fourth-order valence-corrected chi connectivity index (χ4v) is 4.39. The Hall–Kier alpha value is -3.09. The maximum atomic E-state index is 9.72. The van der Waals surface area contributed by atoms with E-state index in [4.69, 9.17) is 14.2 Å². The van der Waals surface area contributed by atoms with Gasteiger partial charge in [0.2, 0.25) is 0 Å². The number of hydrogen-bond donors (Lipinski definition) is 1. The molecule has 1 unspecified atom stereocenters. The lowest BCUT2D eigenvalue weighted by Crippen LogP contribution is -2.35. The van der Waals surface area contributed by atoms with Crippen molar-refractivity contribution in [2.75, 3.05) is 27.9 Å². The van der Waals surface area contributed by atoms with Gasteiger partial charge in [-0.05, 0) is 65.1 Å². The van der Waals surface area contributed by atoms with Gasteiger partial charge in [-0.25, -0.2) is 0 Å². The van der Waals surface area contributed by atoms with Crippen LogP contribution in [0, 0.1) is 0 Å². The van der Waals surface area contributed by atoms with Crippen LogP contribution in [0.1, 0.15) is 33.9 Å². The van der Waals surface area contributed by atoms with Crippen molar-refractivity contribution in [2.24, 2.45) is 0 Å². The van der Waals surface area contributed by atoms with Gasteiger partial charge < -0.3 is 19.3 Å². The molecule has 4 rings (SSSR count). The second kappa shape index (κ2) is 9.37. The molecule has 6 nitrogen and oxygen atoms in total. The number of aliphatic hydroxyl groups excluding tert-OH is 1. The van der Waals surface area contributed by atoms with Gasteiger partial charge in [0.1, 0.15) is 5.75 Å². The first kappa shape index (κ1) is 21.2. The number of aliphatic hydroxyl groups is 1. The van der Waals surface area contributed by atoms with E-state index in [2.05, 4.69) is 40.2 Å². The van der Waals surface area contributed by atoms with E-state index in [0.717, 1.165) is 42.1 Å². The van der Waals surface area contributed by atoms with Gasteiger partial charge in [-0.2, -0.15) is 0 Å². The molecule has 162 valence electrons. The zero-order chi connectivity index (χ0) is 21.8. The monoisotopic (exact) mass is 420 g/mol. The number of aromatic nitrogens is 1. The number of rotatable bonds is 7. The van der Waals surface area contributed by atoms with E-state index < -0.39 is 0 Å². The van der Waals surface area contributed by atoms with Gasteiger partial charge in [0, 0.05) is 31.0 Å². The topological polar surface area (TPSA) is 64.1 Å². The van der Waals surface area contributed by atoms with E-state index in [9.17, 15) is 5.11 Å². The number of methoxy groups -OCH3 is 3. The summed E-state index contributed by atoms with van der Waals surface area (Å²) >= 11 is 0. The predicted octanol–water partition coefficient (Wildman–Crippen LogP) is 3.75. The summed E-state index contributed by atoms with van der Waals surface area (Å²) in [5, 5.41) is 9.72. The minimum Gasteiger partial charge on any atom is -0.496 e. The summed E-state index contributed by atoms with van der Waals surface area (Å²) in [6.07, 6.45) is 4.58. The summed E-state index contributed by atoms with van der Waals surface area (Å²) in [7, 11) is 4.96. The van der Waals surface area contributed by atoms with E-state index in [0.29, 0.717) is 5.75 Å². The van der Waals surface area contributed by atoms with Gasteiger partial charge >= 0.3 is 0 Å². The summed E-state index contributed by atoms with van der Waals surface area (Å²) in [6.45, 7) is 1.60. The number of nitrogens with zero attached hydrogens (tertiary/aromatic N) is 2. The lowest BCUT2D eigenvalue weighted by atomic mass is 9.87. The van der Waals surface area contributed by atoms with Crippen LogP contribution in [0.15, 0.2) is 54.9 Å². The van der Waals surface area contributed by atoms with Crippen LogP contribution in [0.3, 0.4) is 0 Å². The van der Waals surface area contributed by atoms with Crippen molar-refractivity contribution in [3.8, 4) is 17.2 Å². The molecule has 1 N–H and O–H groups in total. The zero-order valence-electron chi connectivity index (χ0n) is 18.2. The fraction of sp³-hybridized carbons (Fsp3) is 0.320. The van der Waals surface area contributed by atoms with E-state index in [1.54, 1.807) is 21.3 Å². The molecule has 1 atom stereocenters. The summed E-state index contributed by atoms with van der Waals surface area (Å²) < 4.78 is 16.5. The summed E-state index contributed by atoms with van der Waals surface area (Å²) in [5.41, 5.74) is 5.59. The molecule has 0 spiro atoms. The van der Waals surface area contributed by atoms with Gasteiger partial charge in [-0.15, -0.1) is 0 Å². The van der Waals surface area contributed by atoms with Crippen LogP contribution in [0.4, 0.5) is 0 Å². The Labute approximate surface area is 183 Å². The highest BCUT2D eigenvalue weighted by Crippen LogP contribution is 2.41. The number of pyridine rings is 1. The number of benzene rings is 2. The quantitative estimate of drug-likeness (QED) is 0.628. The summed E-state index contributed by atoms with van der Waals surface area (Å²) in [4.78, 5) is 6.65. The van der Waals surface area contributed by atoms with Crippen molar-refractivity contribution in [3.63, 3.8) is 0 Å². The Morgan fingerprint density at radius 1 is 0.935 bits per heavy atom. The van der Waals surface area contributed by atoms with Gasteiger partial charge in [0.25, 0.3) is 0 Å². The molecule has 0 radical (unpaired) electrons. The molecule has 2 heterocycles. The third-order valence-electron chi connectivity index (χ3n) is 5.90. The minimum atomic E-state index is -0.0510. The van der Waals surface area contributed by atoms with Crippen LogP contribution < -0.4 is 14.2 Å². The van der Waals surface area contributed by atoms with E-state index in [-0.39, 0.29) is 12.6 Å². The minimum absolute atomic E-state index is 0.0510. The largest absolute Gasteiger partial charge is 0.496 e. The molecule has 0 bridgehead atoms. The normalized spacial score (nSPS) is 15.9. The molecule has 6 heteroatoms. The standard InChI is InChI=1S/C25H28N2O4/c1-29-22-5-4-17(12-20(22)16-28)15-27-11-8-19-13-23(30-2)24(31-3)14-21(19)25(27)18-6-9-26-10-7-18/h4-7,9-10,12-14,25,28H,8,11,15-16H2,1-3H3. The van der Waals surface area contributed by atoms with E-state index in [1.165, 1.54) is 16.7 Å². The molecule has 3 aromatic rings. The summed E-state index contributed by atoms with van der Waals surface area (Å²) in [6, 6.07) is 14.4. The van der Waals surface area contributed by atoms with Gasteiger partial charge in [0.05, 0.1) is 34.0 Å². The maximum Gasteiger partial charge on any atom is 0.161 e. The number of hydrogen-bond acceptors (Lipinski definition) is 6. The Kier molecular flexibility index (Phi) is 6.39. The SMILES string of the molecule is COc1ccc(CN2CCc3cc(OC)c(OC)cc3C2c2ccncc2)cc1CO. The number of fused-ring (bicyclic) bond motifs is 1. The molecule has 0 fully saturated rings. The molecular formula is C25H28N2O4. The Morgan fingerprint density at radius 3 is 2.32 bits per heavy atom. The smallest absolute Gasteiger partial charge is 0.161 e. The second-order valence-electron chi connectivity index (χ2n) is 7.61. The molecule has 2 aromatic carbocycles. The predicted molar refractivity (Wildman–Crippen MR) is 119 cm³/mol. The molecule has 0 saturated heterocycles. The van der Waals surface area contributed by atoms with Crippen LogP contribution in [0.25, 0.3) is 0 Å². The maximum absolute atomic E-state index is 9.72. The molecular weight excluding hydrogens is 392 g/mol. The van der Waals surface area contributed by atoms with E-state index in [1.807, 2.05) is 24.5 Å². The summed E-state index contributed by atoms with van der Waals surface area (Å²) in [5.74, 6) is 2.19. The molecule has 0 saturated carbocycles. The lowest BCUT2D eigenvalue weighted by Gasteiger charge is -2.38. The first-order valence-electron chi connectivity index (χ1n) is 10.3. The van der Waals surface area contributed by atoms with Gasteiger partial charge in [-0.1, -0.05) is 6.07 Å². The first-order chi connectivity index (χ1) is 15.2. The number of ether oxygens (including phenoxy) is 3. The van der Waals surface area contributed by atoms with Crippen LogP contribution in [0.2, 0.25) is 0 Å². The van der Waals surface area contributed by atoms with Crippen LogP contribution in [-0.4, -0.2) is 42.9 Å². The van der Waals surface area contributed by atoms with Gasteiger partial charge in [0.15, 0.2) is 11.5 Å². The second-order valence-corrected chi connectivity index (χ2v) is 7.61. The van der Waals surface area contributed by atoms with Gasteiger partial charge in [-0.3, -0.25) is 9.88 Å². The Morgan fingerprint density at radius 2 is 1.65 bits per heavy atom. The average Bonchev–Trinajstić information content (AvgIpc) is 2.83. The van der Waals surface area contributed by atoms with Crippen LogP contribution in [-0.2, 0) is 19.6 Å². The highest BCUT2D eigenvalue weighted by Gasteiger charge is 2.30. The molecule has 0 aliphatic carbocycles. The lowest BCUT2D eigenvalue weighted by molar-refractivity contribution is 0.203. The highest BCUT2D eigenvalue weighted by molar-refractivity contribution is 5.51. The van der Waals surface area contributed by atoms with Crippen molar-refractivity contribution < 1.29 is 19.3 Å². The first-order valence-corrected chi connectivity index (χ1v) is 10.3. The third-order valence-corrected chi connectivity index (χ3v) is 5.90. The molecule has 1 aliphatic rings. The van der Waals surface area contributed by atoms with Crippen molar-refractivity contribution in [3.05, 3.63) is 82.7 Å². The molecule has 1 aliphatic heterocycles. The molecule has 0 amide bonds.